The average molecular weight is 458 g/mol. The number of nitrogens with one attached hydrogen (secondary N) is 2. The van der Waals surface area contributed by atoms with Gasteiger partial charge >= 0.3 is 5.97 Å². The second-order valence-corrected chi connectivity index (χ2v) is 8.18. The molecule has 0 atom stereocenters. The number of thiazole rings is 1. The first-order chi connectivity index (χ1) is 16.2. The van der Waals surface area contributed by atoms with Gasteiger partial charge in [0.15, 0.2) is 17.4 Å². The van der Waals surface area contributed by atoms with Crippen molar-refractivity contribution in [3.8, 4) is 0 Å². The van der Waals surface area contributed by atoms with E-state index in [1.54, 1.807) is 5.38 Å². The van der Waals surface area contributed by atoms with E-state index < -0.39 is 11.9 Å². The molecule has 166 valence electrons. The third-order valence-corrected chi connectivity index (χ3v) is 5.66. The molecule has 0 spiro atoms. The lowest BCUT2D eigenvalue weighted by Crippen LogP contribution is -2.21. The fourth-order valence-corrected chi connectivity index (χ4v) is 3.90. The van der Waals surface area contributed by atoms with Crippen molar-refractivity contribution in [2.45, 2.75) is 13.0 Å². The highest BCUT2D eigenvalue weighted by atomic mass is 32.1. The Kier molecular flexibility index (Phi) is 7.45. The lowest BCUT2D eigenvalue weighted by atomic mass is 10.0. The molecule has 0 radical (unpaired) electrons. The zero-order valence-corrected chi connectivity index (χ0v) is 18.7. The molecule has 0 unspecified atom stereocenters. The van der Waals surface area contributed by atoms with Crippen LogP contribution < -0.4 is 10.6 Å². The molecule has 2 N–H and O–H groups in total. The molecule has 1 amide bonds. The number of esters is 1. The van der Waals surface area contributed by atoms with E-state index in [0.717, 1.165) is 16.7 Å². The van der Waals surface area contributed by atoms with Crippen molar-refractivity contribution < 1.29 is 14.3 Å². The van der Waals surface area contributed by atoms with E-state index in [-0.39, 0.29) is 12.3 Å². The highest BCUT2D eigenvalue weighted by Gasteiger charge is 2.15. The molecule has 0 aliphatic rings. The second kappa shape index (κ2) is 11.1. The number of ether oxygens (including phenoxy) is 1. The molecule has 7 heteroatoms. The van der Waals surface area contributed by atoms with E-state index in [0.29, 0.717) is 23.8 Å². The smallest absolute Gasteiger partial charge is 0.358 e. The SMILES string of the molecule is O=C(COC(=O)c1csc(NCc2ccccc2)n1)Nc1ccccc1Cc1ccccc1. The summed E-state index contributed by atoms with van der Waals surface area (Å²) < 4.78 is 5.16. The van der Waals surface area contributed by atoms with Crippen LogP contribution in [0.25, 0.3) is 0 Å². The molecule has 3 aromatic carbocycles. The van der Waals surface area contributed by atoms with Gasteiger partial charge in [-0.25, -0.2) is 9.78 Å². The van der Waals surface area contributed by atoms with Gasteiger partial charge in [0.1, 0.15) is 0 Å². The van der Waals surface area contributed by atoms with E-state index in [1.165, 1.54) is 11.3 Å². The first-order valence-electron chi connectivity index (χ1n) is 10.5. The van der Waals surface area contributed by atoms with Crippen molar-refractivity contribution in [1.29, 1.82) is 0 Å². The lowest BCUT2D eigenvalue weighted by Gasteiger charge is -2.11. The van der Waals surface area contributed by atoms with E-state index in [9.17, 15) is 9.59 Å². The number of hydrogen-bond donors (Lipinski definition) is 2. The molecule has 6 nitrogen and oxygen atoms in total. The minimum absolute atomic E-state index is 0.174. The Labute approximate surface area is 196 Å². The fourth-order valence-electron chi connectivity index (χ4n) is 3.23. The molecule has 4 aromatic rings. The van der Waals surface area contributed by atoms with E-state index in [4.69, 9.17) is 4.74 Å². The molecular weight excluding hydrogens is 434 g/mol. The Hall–Kier alpha value is -3.97. The van der Waals surface area contributed by atoms with Gasteiger partial charge in [0.05, 0.1) is 0 Å². The molecule has 0 saturated heterocycles. The third-order valence-electron chi connectivity index (χ3n) is 4.86. The van der Waals surface area contributed by atoms with Crippen molar-refractivity contribution in [3.63, 3.8) is 0 Å². The van der Waals surface area contributed by atoms with Crippen molar-refractivity contribution in [3.05, 3.63) is 113 Å². The highest BCUT2D eigenvalue weighted by molar-refractivity contribution is 7.13. The summed E-state index contributed by atoms with van der Waals surface area (Å²) in [6.45, 7) is 0.219. The van der Waals surface area contributed by atoms with Gasteiger partial charge in [-0.1, -0.05) is 78.9 Å². The van der Waals surface area contributed by atoms with Gasteiger partial charge in [0, 0.05) is 17.6 Å². The van der Waals surface area contributed by atoms with Crippen LogP contribution in [0, 0.1) is 0 Å². The van der Waals surface area contributed by atoms with Crippen LogP contribution in [0.3, 0.4) is 0 Å². The largest absolute Gasteiger partial charge is 0.451 e. The van der Waals surface area contributed by atoms with Crippen LogP contribution in [0.4, 0.5) is 10.8 Å². The molecule has 0 saturated carbocycles. The number of nitrogens with zero attached hydrogens (tertiary/aromatic N) is 1. The van der Waals surface area contributed by atoms with Crippen molar-refractivity contribution in [2.24, 2.45) is 0 Å². The standard InChI is InChI=1S/C26H23N3O3S/c30-24(28-22-14-8-7-13-21(22)15-19-9-3-1-4-10-19)17-32-25(31)23-18-33-26(29-23)27-16-20-11-5-2-6-12-20/h1-14,18H,15-17H2,(H,27,29)(H,28,30). The number of hydrogen-bond acceptors (Lipinski definition) is 6. The number of para-hydroxylation sites is 1. The molecule has 0 aliphatic heterocycles. The summed E-state index contributed by atoms with van der Waals surface area (Å²) in [7, 11) is 0. The van der Waals surface area contributed by atoms with Gasteiger partial charge in [0.2, 0.25) is 0 Å². The Morgan fingerprint density at radius 3 is 2.27 bits per heavy atom. The van der Waals surface area contributed by atoms with Crippen LogP contribution in [-0.2, 0) is 22.5 Å². The molecule has 33 heavy (non-hydrogen) atoms. The minimum Gasteiger partial charge on any atom is -0.451 e. The molecule has 1 aromatic heterocycles. The second-order valence-electron chi connectivity index (χ2n) is 7.32. The Balaban J connectivity index is 1.28. The fraction of sp³-hybridized carbons (Fsp3) is 0.115. The highest BCUT2D eigenvalue weighted by Crippen LogP contribution is 2.20. The number of carbonyl (C=O) groups is 2. The summed E-state index contributed by atoms with van der Waals surface area (Å²) in [6.07, 6.45) is 0.689. The Bertz CT molecular complexity index is 1210. The Morgan fingerprint density at radius 2 is 1.52 bits per heavy atom. The van der Waals surface area contributed by atoms with Gasteiger partial charge in [-0.15, -0.1) is 11.3 Å². The molecule has 0 aliphatic carbocycles. The topological polar surface area (TPSA) is 80.3 Å². The zero-order valence-electron chi connectivity index (χ0n) is 17.9. The van der Waals surface area contributed by atoms with Crippen molar-refractivity contribution >= 4 is 34.0 Å². The van der Waals surface area contributed by atoms with Crippen LogP contribution in [0.5, 0.6) is 0 Å². The van der Waals surface area contributed by atoms with Gasteiger partial charge in [0.25, 0.3) is 5.91 Å². The summed E-state index contributed by atoms with van der Waals surface area (Å²) in [5.41, 5.74) is 4.11. The van der Waals surface area contributed by atoms with Crippen LogP contribution in [0.15, 0.2) is 90.3 Å². The predicted octanol–water partition coefficient (Wildman–Crippen LogP) is 5.14. The van der Waals surface area contributed by atoms with Crippen molar-refractivity contribution in [2.75, 3.05) is 17.2 Å². The van der Waals surface area contributed by atoms with Crippen LogP contribution in [0.2, 0.25) is 0 Å². The normalized spacial score (nSPS) is 10.4. The summed E-state index contributed by atoms with van der Waals surface area (Å²) in [5, 5.41) is 8.24. The number of carbonyl (C=O) groups excluding carboxylic acids is 2. The number of aromatic nitrogens is 1. The maximum Gasteiger partial charge on any atom is 0.358 e. The molecule has 0 fully saturated rings. The number of amides is 1. The quantitative estimate of drug-likeness (QED) is 0.340. The number of rotatable bonds is 9. The number of benzene rings is 3. The van der Waals surface area contributed by atoms with Crippen LogP contribution in [-0.4, -0.2) is 23.5 Å². The summed E-state index contributed by atoms with van der Waals surface area (Å²) in [5.74, 6) is -1.03. The monoisotopic (exact) mass is 457 g/mol. The first kappa shape index (κ1) is 22.2. The van der Waals surface area contributed by atoms with Gasteiger partial charge in [-0.2, -0.15) is 0 Å². The number of anilines is 2. The summed E-state index contributed by atoms with van der Waals surface area (Å²) >= 11 is 1.31. The van der Waals surface area contributed by atoms with Gasteiger partial charge in [-0.3, -0.25) is 4.79 Å². The minimum atomic E-state index is -0.633. The van der Waals surface area contributed by atoms with E-state index in [2.05, 4.69) is 15.6 Å². The third kappa shape index (κ3) is 6.51. The van der Waals surface area contributed by atoms with Gasteiger partial charge < -0.3 is 15.4 Å². The zero-order chi connectivity index (χ0) is 22.9. The molecular formula is C26H23N3O3S. The lowest BCUT2D eigenvalue weighted by molar-refractivity contribution is -0.119. The maximum atomic E-state index is 12.4. The van der Waals surface area contributed by atoms with E-state index in [1.807, 2.05) is 84.9 Å². The average Bonchev–Trinajstić information content (AvgIpc) is 3.33. The van der Waals surface area contributed by atoms with Gasteiger partial charge in [-0.05, 0) is 29.2 Å². The summed E-state index contributed by atoms with van der Waals surface area (Å²) in [6, 6.07) is 27.5. The summed E-state index contributed by atoms with van der Waals surface area (Å²) in [4.78, 5) is 29.0. The predicted molar refractivity (Wildman–Crippen MR) is 130 cm³/mol. The molecule has 4 rings (SSSR count). The van der Waals surface area contributed by atoms with E-state index >= 15 is 0 Å². The van der Waals surface area contributed by atoms with Crippen LogP contribution in [0.1, 0.15) is 27.2 Å². The molecule has 1 heterocycles. The maximum absolute atomic E-state index is 12.4. The van der Waals surface area contributed by atoms with Crippen LogP contribution >= 0.6 is 11.3 Å². The molecule has 0 bridgehead atoms. The van der Waals surface area contributed by atoms with Crippen molar-refractivity contribution in [1.82, 2.24) is 4.98 Å². The first-order valence-corrected chi connectivity index (χ1v) is 11.4. The Morgan fingerprint density at radius 1 is 0.848 bits per heavy atom.